The number of rotatable bonds is 4. The number of hydrogen-bond acceptors (Lipinski definition) is 5. The first kappa shape index (κ1) is 15.0. The van der Waals surface area contributed by atoms with E-state index in [-0.39, 0.29) is 11.5 Å². The predicted octanol–water partition coefficient (Wildman–Crippen LogP) is 1.49. The number of primary sulfonamides is 1. The number of nitrogens with zero attached hydrogens (tertiary/aromatic N) is 2. The fourth-order valence-corrected chi connectivity index (χ4v) is 2.35. The summed E-state index contributed by atoms with van der Waals surface area (Å²) in [7, 11) is -3.72. The molecule has 0 saturated carbocycles. The Hall–Kier alpha value is -2.43. The van der Waals surface area contributed by atoms with Gasteiger partial charge >= 0.3 is 0 Å². The molecule has 0 saturated heterocycles. The Bertz CT molecular complexity index is 810. The van der Waals surface area contributed by atoms with Gasteiger partial charge in [0.2, 0.25) is 10.0 Å². The van der Waals surface area contributed by atoms with Gasteiger partial charge in [-0.2, -0.15) is 5.26 Å². The first-order chi connectivity index (χ1) is 9.90. The van der Waals surface area contributed by atoms with E-state index in [9.17, 15) is 8.42 Å². The normalized spacial score (nSPS) is 10.9. The zero-order valence-electron chi connectivity index (χ0n) is 11.3. The van der Waals surface area contributed by atoms with Crippen molar-refractivity contribution >= 4 is 10.0 Å². The van der Waals surface area contributed by atoms with Crippen LogP contribution in [0.3, 0.4) is 0 Å². The van der Waals surface area contributed by atoms with Crippen LogP contribution < -0.4 is 9.88 Å². The average Bonchev–Trinajstić information content (AvgIpc) is 2.45. The maximum absolute atomic E-state index is 11.2. The zero-order chi connectivity index (χ0) is 15.5. The molecular formula is C14H13N3O3S. The van der Waals surface area contributed by atoms with Gasteiger partial charge in [-0.1, -0.05) is 0 Å². The number of nitriles is 1. The summed E-state index contributed by atoms with van der Waals surface area (Å²) in [6, 6.07) is 9.74. The number of pyridine rings is 1. The largest absolute Gasteiger partial charge is 0.489 e. The molecule has 0 fully saturated rings. The molecule has 1 heterocycles. The van der Waals surface area contributed by atoms with Crippen LogP contribution in [-0.2, 0) is 16.6 Å². The third kappa shape index (κ3) is 3.78. The Labute approximate surface area is 122 Å². The van der Waals surface area contributed by atoms with Gasteiger partial charge in [-0.05, 0) is 48.4 Å². The minimum atomic E-state index is -3.72. The summed E-state index contributed by atoms with van der Waals surface area (Å²) in [4.78, 5) is 3.92. The van der Waals surface area contributed by atoms with Crippen LogP contribution in [0.25, 0.3) is 0 Å². The molecule has 7 heteroatoms. The Kier molecular flexibility index (Phi) is 4.21. The molecule has 2 N–H and O–H groups in total. The lowest BCUT2D eigenvalue weighted by molar-refractivity contribution is 0.303. The molecule has 0 bridgehead atoms. The third-order valence-corrected chi connectivity index (χ3v) is 3.72. The van der Waals surface area contributed by atoms with Gasteiger partial charge in [0.15, 0.2) is 0 Å². The zero-order valence-corrected chi connectivity index (χ0v) is 12.1. The number of ether oxygens (including phenoxy) is 1. The predicted molar refractivity (Wildman–Crippen MR) is 75.8 cm³/mol. The molecule has 1 aromatic heterocycles. The number of aromatic nitrogens is 1. The second-order valence-corrected chi connectivity index (χ2v) is 5.98. The molecule has 0 radical (unpaired) electrons. The highest BCUT2D eigenvalue weighted by Gasteiger charge is 2.10. The van der Waals surface area contributed by atoms with Crippen molar-refractivity contribution in [1.29, 1.82) is 5.26 Å². The molecule has 1 aromatic carbocycles. The van der Waals surface area contributed by atoms with E-state index in [4.69, 9.17) is 15.1 Å². The van der Waals surface area contributed by atoms with Crippen molar-refractivity contribution in [2.24, 2.45) is 5.14 Å². The quantitative estimate of drug-likeness (QED) is 0.921. The van der Waals surface area contributed by atoms with Gasteiger partial charge in [0.05, 0.1) is 4.90 Å². The topological polar surface area (TPSA) is 106 Å². The van der Waals surface area contributed by atoms with Crippen molar-refractivity contribution in [3.8, 4) is 11.8 Å². The minimum Gasteiger partial charge on any atom is -0.489 e. The molecule has 6 nitrogen and oxygen atoms in total. The molecule has 0 aliphatic rings. The van der Waals surface area contributed by atoms with Crippen molar-refractivity contribution in [2.75, 3.05) is 0 Å². The molecule has 2 rings (SSSR count). The maximum atomic E-state index is 11.2. The van der Waals surface area contributed by atoms with Gasteiger partial charge in [0, 0.05) is 6.20 Å². The summed E-state index contributed by atoms with van der Waals surface area (Å²) in [6.45, 7) is 1.99. The first-order valence-corrected chi connectivity index (χ1v) is 7.56. The van der Waals surface area contributed by atoms with E-state index in [1.54, 1.807) is 25.1 Å². The van der Waals surface area contributed by atoms with Crippen LogP contribution >= 0.6 is 0 Å². The summed E-state index contributed by atoms with van der Waals surface area (Å²) in [5.41, 5.74) is 1.78. The average molecular weight is 303 g/mol. The lowest BCUT2D eigenvalue weighted by atomic mass is 10.2. The van der Waals surface area contributed by atoms with Crippen molar-refractivity contribution < 1.29 is 13.2 Å². The summed E-state index contributed by atoms with van der Waals surface area (Å²) >= 11 is 0. The lowest BCUT2D eigenvalue weighted by Crippen LogP contribution is -2.12. The third-order valence-electron chi connectivity index (χ3n) is 2.81. The van der Waals surface area contributed by atoms with E-state index < -0.39 is 10.0 Å². The molecule has 0 unspecified atom stereocenters. The van der Waals surface area contributed by atoms with Crippen LogP contribution in [-0.4, -0.2) is 13.4 Å². The van der Waals surface area contributed by atoms with Gasteiger partial charge in [-0.25, -0.2) is 18.5 Å². The molecule has 21 heavy (non-hydrogen) atoms. The highest BCUT2D eigenvalue weighted by atomic mass is 32.2. The number of nitrogens with two attached hydrogens (primary N) is 1. The summed E-state index contributed by atoms with van der Waals surface area (Å²) in [5, 5.41) is 13.8. The molecular weight excluding hydrogens is 290 g/mol. The first-order valence-electron chi connectivity index (χ1n) is 6.01. The molecule has 0 amide bonds. The van der Waals surface area contributed by atoms with E-state index >= 15 is 0 Å². The van der Waals surface area contributed by atoms with Crippen LogP contribution in [0, 0.1) is 18.3 Å². The Morgan fingerprint density at radius 1 is 1.33 bits per heavy atom. The van der Waals surface area contributed by atoms with Crippen molar-refractivity contribution in [1.82, 2.24) is 4.98 Å². The molecule has 2 aromatic rings. The maximum Gasteiger partial charge on any atom is 0.238 e. The van der Waals surface area contributed by atoms with Gasteiger partial charge in [0.1, 0.15) is 24.1 Å². The molecule has 0 atom stereocenters. The number of hydrogen-bond donors (Lipinski definition) is 1. The van der Waals surface area contributed by atoms with Crippen LogP contribution in [0.4, 0.5) is 0 Å². The van der Waals surface area contributed by atoms with Crippen molar-refractivity contribution in [3.63, 3.8) is 0 Å². The van der Waals surface area contributed by atoms with Crippen LogP contribution in [0.2, 0.25) is 0 Å². The van der Waals surface area contributed by atoms with Crippen LogP contribution in [0.5, 0.6) is 5.75 Å². The molecule has 0 aliphatic heterocycles. The number of sulfonamides is 1. The van der Waals surface area contributed by atoms with E-state index in [1.807, 2.05) is 6.07 Å². The highest BCUT2D eigenvalue weighted by Crippen LogP contribution is 2.22. The van der Waals surface area contributed by atoms with Gasteiger partial charge in [0.25, 0.3) is 0 Å². The number of benzene rings is 1. The monoisotopic (exact) mass is 303 g/mol. The second kappa shape index (κ2) is 5.91. The lowest BCUT2D eigenvalue weighted by Gasteiger charge is -2.10. The van der Waals surface area contributed by atoms with Crippen LogP contribution in [0.15, 0.2) is 41.4 Å². The molecule has 0 aliphatic carbocycles. The fraction of sp³-hybridized carbons (Fsp3) is 0.143. The SMILES string of the molecule is Cc1cc(S(N)(=O)=O)ccc1OCc1ccnc(C#N)c1. The highest BCUT2D eigenvalue weighted by molar-refractivity contribution is 7.89. The smallest absolute Gasteiger partial charge is 0.238 e. The molecule has 108 valence electrons. The number of aryl methyl sites for hydroxylation is 1. The summed E-state index contributed by atoms with van der Waals surface area (Å²) < 4.78 is 28.1. The van der Waals surface area contributed by atoms with Crippen molar-refractivity contribution in [2.45, 2.75) is 18.4 Å². The van der Waals surface area contributed by atoms with Gasteiger partial charge < -0.3 is 4.74 Å². The summed E-state index contributed by atoms with van der Waals surface area (Å²) in [6.07, 6.45) is 1.54. The van der Waals surface area contributed by atoms with Crippen molar-refractivity contribution in [3.05, 3.63) is 53.3 Å². The summed E-state index contributed by atoms with van der Waals surface area (Å²) in [5.74, 6) is 0.553. The van der Waals surface area contributed by atoms with E-state index in [0.717, 1.165) is 5.56 Å². The Morgan fingerprint density at radius 3 is 2.71 bits per heavy atom. The van der Waals surface area contributed by atoms with E-state index in [2.05, 4.69) is 4.98 Å². The Morgan fingerprint density at radius 2 is 2.10 bits per heavy atom. The van der Waals surface area contributed by atoms with Gasteiger partial charge in [-0.15, -0.1) is 0 Å². The van der Waals surface area contributed by atoms with Gasteiger partial charge in [-0.3, -0.25) is 0 Å². The minimum absolute atomic E-state index is 0.0445. The van der Waals surface area contributed by atoms with E-state index in [0.29, 0.717) is 17.0 Å². The second-order valence-electron chi connectivity index (χ2n) is 4.42. The van der Waals surface area contributed by atoms with Crippen LogP contribution in [0.1, 0.15) is 16.8 Å². The molecule has 0 spiro atoms. The standard InChI is InChI=1S/C14H13N3O3S/c1-10-6-13(21(16,18)19)2-3-14(10)20-9-11-4-5-17-12(7-11)8-15/h2-7H,9H2,1H3,(H2,16,18,19). The fourth-order valence-electron chi connectivity index (χ4n) is 1.75. The Balaban J connectivity index is 2.15. The van der Waals surface area contributed by atoms with E-state index in [1.165, 1.54) is 18.3 Å².